The molecule has 2 heterocycles. The molecular weight excluding hydrogens is 206 g/mol. The van der Waals surface area contributed by atoms with E-state index in [1.807, 2.05) is 29.9 Å². The molecular formula is C11H13N3O2. The fourth-order valence-corrected chi connectivity index (χ4v) is 1.78. The Bertz CT molecular complexity index is 533. The lowest BCUT2D eigenvalue weighted by molar-refractivity contribution is -0.138. The van der Waals surface area contributed by atoms with Gasteiger partial charge in [0, 0.05) is 31.2 Å². The highest BCUT2D eigenvalue weighted by atomic mass is 16.4. The van der Waals surface area contributed by atoms with Gasteiger partial charge >= 0.3 is 5.97 Å². The van der Waals surface area contributed by atoms with Crippen molar-refractivity contribution < 1.29 is 9.90 Å². The zero-order valence-corrected chi connectivity index (χ0v) is 8.92. The summed E-state index contributed by atoms with van der Waals surface area (Å²) in [6, 6.07) is 2.88. The van der Waals surface area contributed by atoms with Gasteiger partial charge in [-0.3, -0.25) is 4.79 Å². The van der Waals surface area contributed by atoms with Gasteiger partial charge in [0.2, 0.25) is 0 Å². The molecule has 2 rings (SSSR count). The molecule has 0 saturated carbocycles. The third-order valence-corrected chi connectivity index (χ3v) is 2.57. The van der Waals surface area contributed by atoms with Gasteiger partial charge in [-0.05, 0) is 17.7 Å². The summed E-state index contributed by atoms with van der Waals surface area (Å²) < 4.78 is 1.87. The highest BCUT2D eigenvalue weighted by Gasteiger charge is 2.15. The van der Waals surface area contributed by atoms with Gasteiger partial charge in [-0.2, -0.15) is 0 Å². The molecule has 3 N–H and O–H groups in total. The van der Waals surface area contributed by atoms with Crippen LogP contribution in [-0.2, 0) is 18.3 Å². The Morgan fingerprint density at radius 2 is 2.44 bits per heavy atom. The molecule has 0 fully saturated rings. The van der Waals surface area contributed by atoms with E-state index in [1.54, 1.807) is 6.20 Å². The standard InChI is InChI=1S/C11H13N3O2/c1-14-6-7(5-9(12)11(15)16)8-3-2-4-13-10(8)14/h2-4,6,9H,5,12H2,1H3,(H,15,16)/t9-/m1/s1. The Hall–Kier alpha value is -1.88. The maximum Gasteiger partial charge on any atom is 0.320 e. The lowest BCUT2D eigenvalue weighted by atomic mass is 10.1. The number of aromatic nitrogens is 2. The van der Waals surface area contributed by atoms with E-state index in [0.717, 1.165) is 16.6 Å². The summed E-state index contributed by atoms with van der Waals surface area (Å²) in [6.45, 7) is 0. The normalized spacial score (nSPS) is 12.9. The maximum atomic E-state index is 10.7. The Kier molecular flexibility index (Phi) is 2.62. The second-order valence-corrected chi connectivity index (χ2v) is 3.79. The highest BCUT2D eigenvalue weighted by molar-refractivity contribution is 5.82. The predicted molar refractivity (Wildman–Crippen MR) is 60.0 cm³/mol. The number of nitrogens with two attached hydrogens (primary N) is 1. The van der Waals surface area contributed by atoms with Crippen molar-refractivity contribution in [2.45, 2.75) is 12.5 Å². The van der Waals surface area contributed by atoms with Gasteiger partial charge in [-0.1, -0.05) is 0 Å². The summed E-state index contributed by atoms with van der Waals surface area (Å²) >= 11 is 0. The second kappa shape index (κ2) is 3.94. The molecule has 0 amide bonds. The van der Waals surface area contributed by atoms with Gasteiger partial charge in [-0.25, -0.2) is 4.98 Å². The van der Waals surface area contributed by atoms with Crippen LogP contribution in [0.4, 0.5) is 0 Å². The fourth-order valence-electron chi connectivity index (χ4n) is 1.78. The number of fused-ring (bicyclic) bond motifs is 1. The summed E-state index contributed by atoms with van der Waals surface area (Å²) in [5.74, 6) is -0.985. The van der Waals surface area contributed by atoms with E-state index in [4.69, 9.17) is 10.8 Å². The van der Waals surface area contributed by atoms with Crippen LogP contribution in [-0.4, -0.2) is 26.7 Å². The quantitative estimate of drug-likeness (QED) is 0.788. The molecule has 0 bridgehead atoms. The Morgan fingerprint density at radius 3 is 3.12 bits per heavy atom. The van der Waals surface area contributed by atoms with E-state index >= 15 is 0 Å². The number of rotatable bonds is 3. The van der Waals surface area contributed by atoms with E-state index < -0.39 is 12.0 Å². The van der Waals surface area contributed by atoms with Crippen molar-refractivity contribution in [2.24, 2.45) is 12.8 Å². The number of carboxylic acid groups (broad SMARTS) is 1. The third kappa shape index (κ3) is 1.77. The smallest absolute Gasteiger partial charge is 0.320 e. The lowest BCUT2D eigenvalue weighted by Gasteiger charge is -2.04. The fraction of sp³-hybridized carbons (Fsp3) is 0.273. The van der Waals surface area contributed by atoms with E-state index in [9.17, 15) is 4.79 Å². The van der Waals surface area contributed by atoms with Gasteiger partial charge in [0.15, 0.2) is 0 Å². The molecule has 16 heavy (non-hydrogen) atoms. The minimum Gasteiger partial charge on any atom is -0.480 e. The van der Waals surface area contributed by atoms with Gasteiger partial charge in [-0.15, -0.1) is 0 Å². The first-order chi connectivity index (χ1) is 7.59. The summed E-state index contributed by atoms with van der Waals surface area (Å²) in [5.41, 5.74) is 7.28. The molecule has 84 valence electrons. The van der Waals surface area contributed by atoms with Gasteiger partial charge in [0.25, 0.3) is 0 Å². The van der Waals surface area contributed by atoms with Gasteiger partial charge in [0.1, 0.15) is 11.7 Å². The Labute approximate surface area is 92.5 Å². The molecule has 0 unspecified atom stereocenters. The van der Waals surface area contributed by atoms with Crippen molar-refractivity contribution in [2.75, 3.05) is 0 Å². The molecule has 2 aromatic heterocycles. The molecule has 2 aromatic rings. The minimum absolute atomic E-state index is 0.318. The van der Waals surface area contributed by atoms with E-state index in [2.05, 4.69) is 4.98 Å². The molecule has 5 nitrogen and oxygen atoms in total. The molecule has 5 heteroatoms. The number of carboxylic acids is 1. The highest BCUT2D eigenvalue weighted by Crippen LogP contribution is 2.19. The average Bonchev–Trinajstić information content (AvgIpc) is 2.57. The molecule has 0 aliphatic carbocycles. The minimum atomic E-state index is -0.985. The van der Waals surface area contributed by atoms with Crippen molar-refractivity contribution >= 4 is 17.0 Å². The maximum absolute atomic E-state index is 10.7. The average molecular weight is 219 g/mol. The molecule has 0 aliphatic rings. The van der Waals surface area contributed by atoms with E-state index in [-0.39, 0.29) is 0 Å². The van der Waals surface area contributed by atoms with Crippen LogP contribution in [0.1, 0.15) is 5.56 Å². The molecule has 0 saturated heterocycles. The summed E-state index contributed by atoms with van der Waals surface area (Å²) in [5, 5.41) is 9.73. The van der Waals surface area contributed by atoms with E-state index in [0.29, 0.717) is 6.42 Å². The van der Waals surface area contributed by atoms with Crippen molar-refractivity contribution in [3.63, 3.8) is 0 Å². The van der Waals surface area contributed by atoms with Crippen LogP contribution in [0.5, 0.6) is 0 Å². The first-order valence-corrected chi connectivity index (χ1v) is 4.97. The van der Waals surface area contributed by atoms with Crippen LogP contribution >= 0.6 is 0 Å². The second-order valence-electron chi connectivity index (χ2n) is 3.79. The zero-order chi connectivity index (χ0) is 11.7. The van der Waals surface area contributed by atoms with Gasteiger partial charge in [0.05, 0.1) is 0 Å². The van der Waals surface area contributed by atoms with Crippen LogP contribution in [0.25, 0.3) is 11.0 Å². The van der Waals surface area contributed by atoms with E-state index in [1.165, 1.54) is 0 Å². The summed E-state index contributed by atoms with van der Waals surface area (Å²) in [7, 11) is 1.88. The zero-order valence-electron chi connectivity index (χ0n) is 8.92. The predicted octanol–water partition coefficient (Wildman–Crippen LogP) is 0.528. The van der Waals surface area contributed by atoms with Crippen LogP contribution in [0, 0.1) is 0 Å². The first-order valence-electron chi connectivity index (χ1n) is 4.97. The summed E-state index contributed by atoms with van der Waals surface area (Å²) in [6.07, 6.45) is 3.90. The Morgan fingerprint density at radius 1 is 1.69 bits per heavy atom. The number of hydrogen-bond acceptors (Lipinski definition) is 3. The van der Waals surface area contributed by atoms with Crippen molar-refractivity contribution in [1.82, 2.24) is 9.55 Å². The largest absolute Gasteiger partial charge is 0.480 e. The molecule has 0 radical (unpaired) electrons. The van der Waals surface area contributed by atoms with Crippen molar-refractivity contribution in [3.05, 3.63) is 30.1 Å². The van der Waals surface area contributed by atoms with Crippen LogP contribution in [0.2, 0.25) is 0 Å². The van der Waals surface area contributed by atoms with Crippen molar-refractivity contribution in [3.8, 4) is 0 Å². The lowest BCUT2D eigenvalue weighted by Crippen LogP contribution is -2.32. The molecule has 0 aromatic carbocycles. The van der Waals surface area contributed by atoms with Crippen LogP contribution in [0.3, 0.4) is 0 Å². The van der Waals surface area contributed by atoms with Gasteiger partial charge < -0.3 is 15.4 Å². The molecule has 0 spiro atoms. The monoisotopic (exact) mass is 219 g/mol. The number of aliphatic carboxylic acids is 1. The summed E-state index contributed by atoms with van der Waals surface area (Å²) in [4.78, 5) is 14.9. The Balaban J connectivity index is 2.42. The number of nitrogens with zero attached hydrogens (tertiary/aromatic N) is 2. The first kappa shape index (κ1) is 10.6. The van der Waals surface area contributed by atoms with Crippen LogP contribution in [0.15, 0.2) is 24.5 Å². The molecule has 1 atom stereocenters. The SMILES string of the molecule is Cn1cc(C[C@@H](N)C(=O)O)c2cccnc21. The third-order valence-electron chi connectivity index (χ3n) is 2.57. The number of carbonyl (C=O) groups is 1. The van der Waals surface area contributed by atoms with Crippen molar-refractivity contribution in [1.29, 1.82) is 0 Å². The topological polar surface area (TPSA) is 81.1 Å². The number of hydrogen-bond donors (Lipinski definition) is 2. The number of pyridine rings is 1. The number of aryl methyl sites for hydroxylation is 1. The van der Waals surface area contributed by atoms with Crippen LogP contribution < -0.4 is 5.73 Å². The molecule has 0 aliphatic heterocycles.